The van der Waals surface area contributed by atoms with E-state index < -0.39 is 5.54 Å². The van der Waals surface area contributed by atoms with Gasteiger partial charge in [-0.1, -0.05) is 24.1 Å². The molecule has 1 aliphatic rings. The van der Waals surface area contributed by atoms with Gasteiger partial charge in [-0.05, 0) is 25.0 Å². The standard InChI is InChI=1S/C14H17N5O2/c15-14(6-2-3-7-14)13-18-11(21-19-13)9-17-12(20)10-5-1-4-8-16-10/h1,4-5,8H,2-3,6-7,9,15H2,(H,17,20). The molecule has 0 aromatic carbocycles. The summed E-state index contributed by atoms with van der Waals surface area (Å²) >= 11 is 0. The van der Waals surface area contributed by atoms with Crippen molar-refractivity contribution in [3.63, 3.8) is 0 Å². The number of hydrogen-bond donors (Lipinski definition) is 2. The molecule has 2 aromatic rings. The highest BCUT2D eigenvalue weighted by Crippen LogP contribution is 2.34. The quantitative estimate of drug-likeness (QED) is 0.872. The van der Waals surface area contributed by atoms with Crippen LogP contribution in [-0.2, 0) is 12.1 Å². The molecule has 3 rings (SSSR count). The van der Waals surface area contributed by atoms with E-state index in [2.05, 4.69) is 20.4 Å². The fraction of sp³-hybridized carbons (Fsp3) is 0.429. The second-order valence-corrected chi connectivity index (χ2v) is 5.27. The Hall–Kier alpha value is -2.28. The Bertz CT molecular complexity index is 619. The average molecular weight is 287 g/mol. The minimum absolute atomic E-state index is 0.165. The highest BCUT2D eigenvalue weighted by Gasteiger charge is 2.35. The van der Waals surface area contributed by atoms with E-state index in [1.807, 2.05) is 0 Å². The molecule has 1 amide bonds. The van der Waals surface area contributed by atoms with Crippen LogP contribution in [0.2, 0.25) is 0 Å². The number of rotatable bonds is 4. The van der Waals surface area contributed by atoms with E-state index in [0.717, 1.165) is 25.7 Å². The Morgan fingerprint density at radius 3 is 2.90 bits per heavy atom. The van der Waals surface area contributed by atoms with Crippen molar-refractivity contribution in [2.45, 2.75) is 37.8 Å². The zero-order chi connectivity index (χ0) is 14.7. The van der Waals surface area contributed by atoms with Gasteiger partial charge in [-0.15, -0.1) is 0 Å². The summed E-state index contributed by atoms with van der Waals surface area (Å²) in [6.45, 7) is 0.165. The molecule has 21 heavy (non-hydrogen) atoms. The van der Waals surface area contributed by atoms with Crippen molar-refractivity contribution in [1.82, 2.24) is 20.4 Å². The highest BCUT2D eigenvalue weighted by molar-refractivity contribution is 5.91. The highest BCUT2D eigenvalue weighted by atomic mass is 16.5. The SMILES string of the molecule is NC1(c2noc(CNC(=O)c3ccccn3)n2)CCCC1. The number of nitrogens with zero attached hydrogens (tertiary/aromatic N) is 3. The molecule has 0 aliphatic heterocycles. The van der Waals surface area contributed by atoms with Crippen LogP contribution in [0.1, 0.15) is 47.9 Å². The number of nitrogens with two attached hydrogens (primary N) is 1. The predicted octanol–water partition coefficient (Wildman–Crippen LogP) is 1.12. The molecule has 1 aliphatic carbocycles. The maximum absolute atomic E-state index is 11.9. The first-order chi connectivity index (χ1) is 10.2. The van der Waals surface area contributed by atoms with Crippen molar-refractivity contribution in [2.24, 2.45) is 5.73 Å². The maximum atomic E-state index is 11.9. The molecular formula is C14H17N5O2. The lowest BCUT2D eigenvalue weighted by Crippen LogP contribution is -2.34. The van der Waals surface area contributed by atoms with Gasteiger partial charge in [0.2, 0.25) is 5.89 Å². The third kappa shape index (κ3) is 2.92. The molecule has 110 valence electrons. The Kier molecular flexibility index (Phi) is 3.66. The monoisotopic (exact) mass is 287 g/mol. The number of carbonyl (C=O) groups is 1. The number of carbonyl (C=O) groups excluding carboxylic acids is 1. The topological polar surface area (TPSA) is 107 Å². The van der Waals surface area contributed by atoms with Crippen LogP contribution < -0.4 is 11.1 Å². The second kappa shape index (κ2) is 5.61. The number of hydrogen-bond acceptors (Lipinski definition) is 6. The average Bonchev–Trinajstić information content (AvgIpc) is 3.15. The van der Waals surface area contributed by atoms with Gasteiger partial charge < -0.3 is 15.6 Å². The molecule has 2 aromatic heterocycles. The number of nitrogens with one attached hydrogen (secondary N) is 1. The third-order valence-electron chi connectivity index (χ3n) is 3.71. The molecular weight excluding hydrogens is 270 g/mol. The Labute approximate surface area is 121 Å². The van der Waals surface area contributed by atoms with Crippen LogP contribution in [0, 0.1) is 0 Å². The summed E-state index contributed by atoms with van der Waals surface area (Å²) < 4.78 is 5.15. The van der Waals surface area contributed by atoms with E-state index in [1.54, 1.807) is 24.4 Å². The van der Waals surface area contributed by atoms with Crippen molar-refractivity contribution in [1.29, 1.82) is 0 Å². The van der Waals surface area contributed by atoms with Crippen LogP contribution >= 0.6 is 0 Å². The zero-order valence-corrected chi connectivity index (χ0v) is 11.6. The predicted molar refractivity (Wildman–Crippen MR) is 74.0 cm³/mol. The molecule has 0 radical (unpaired) electrons. The largest absolute Gasteiger partial charge is 0.342 e. The summed E-state index contributed by atoms with van der Waals surface area (Å²) in [5, 5.41) is 6.64. The molecule has 3 N–H and O–H groups in total. The van der Waals surface area contributed by atoms with Crippen molar-refractivity contribution in [3.8, 4) is 0 Å². The molecule has 7 nitrogen and oxygen atoms in total. The van der Waals surface area contributed by atoms with E-state index in [-0.39, 0.29) is 12.5 Å². The van der Waals surface area contributed by atoms with Crippen LogP contribution in [-0.4, -0.2) is 21.0 Å². The van der Waals surface area contributed by atoms with Gasteiger partial charge in [0.15, 0.2) is 5.82 Å². The van der Waals surface area contributed by atoms with E-state index >= 15 is 0 Å². The molecule has 0 saturated heterocycles. The van der Waals surface area contributed by atoms with Crippen LogP contribution in [0.3, 0.4) is 0 Å². The lowest BCUT2D eigenvalue weighted by molar-refractivity contribution is 0.0941. The van der Waals surface area contributed by atoms with Crippen molar-refractivity contribution in [2.75, 3.05) is 0 Å². The lowest BCUT2D eigenvalue weighted by Gasteiger charge is -2.17. The van der Waals surface area contributed by atoms with Crippen LogP contribution in [0.5, 0.6) is 0 Å². The summed E-state index contributed by atoms with van der Waals surface area (Å²) in [6, 6.07) is 5.15. The van der Waals surface area contributed by atoms with E-state index in [1.165, 1.54) is 0 Å². The van der Waals surface area contributed by atoms with Gasteiger partial charge >= 0.3 is 0 Å². The van der Waals surface area contributed by atoms with Gasteiger partial charge in [-0.2, -0.15) is 4.98 Å². The first-order valence-corrected chi connectivity index (χ1v) is 6.99. The second-order valence-electron chi connectivity index (χ2n) is 5.27. The molecule has 0 spiro atoms. The third-order valence-corrected chi connectivity index (χ3v) is 3.71. The Morgan fingerprint density at radius 1 is 1.38 bits per heavy atom. The molecule has 2 heterocycles. The van der Waals surface area contributed by atoms with E-state index in [0.29, 0.717) is 17.4 Å². The molecule has 1 fully saturated rings. The molecule has 1 saturated carbocycles. The van der Waals surface area contributed by atoms with Gasteiger partial charge in [-0.3, -0.25) is 9.78 Å². The fourth-order valence-corrected chi connectivity index (χ4v) is 2.50. The van der Waals surface area contributed by atoms with Gasteiger partial charge in [0.05, 0.1) is 12.1 Å². The van der Waals surface area contributed by atoms with Crippen molar-refractivity contribution >= 4 is 5.91 Å². The van der Waals surface area contributed by atoms with Gasteiger partial charge in [0.1, 0.15) is 5.69 Å². The minimum atomic E-state index is -0.479. The molecule has 0 unspecified atom stereocenters. The van der Waals surface area contributed by atoms with E-state index in [4.69, 9.17) is 10.3 Å². The van der Waals surface area contributed by atoms with Crippen LogP contribution in [0.15, 0.2) is 28.9 Å². The summed E-state index contributed by atoms with van der Waals surface area (Å²) in [6.07, 6.45) is 5.46. The van der Waals surface area contributed by atoms with Crippen molar-refractivity contribution < 1.29 is 9.32 Å². The lowest BCUT2D eigenvalue weighted by atomic mass is 9.99. The summed E-state index contributed by atoms with van der Waals surface area (Å²) in [5.74, 6) is 0.603. The molecule has 7 heteroatoms. The Balaban J connectivity index is 1.62. The Morgan fingerprint density at radius 2 is 2.19 bits per heavy atom. The first kappa shape index (κ1) is 13.7. The summed E-state index contributed by atoms with van der Waals surface area (Å²) in [4.78, 5) is 20.1. The van der Waals surface area contributed by atoms with Crippen LogP contribution in [0.4, 0.5) is 0 Å². The molecule has 0 atom stereocenters. The fourth-order valence-electron chi connectivity index (χ4n) is 2.50. The van der Waals surface area contributed by atoms with Gasteiger partial charge in [-0.25, -0.2) is 0 Å². The normalized spacial score (nSPS) is 16.8. The number of amides is 1. The summed E-state index contributed by atoms with van der Waals surface area (Å²) in [5.41, 5.74) is 6.13. The summed E-state index contributed by atoms with van der Waals surface area (Å²) in [7, 11) is 0. The van der Waals surface area contributed by atoms with E-state index in [9.17, 15) is 4.79 Å². The number of pyridine rings is 1. The zero-order valence-electron chi connectivity index (χ0n) is 11.6. The smallest absolute Gasteiger partial charge is 0.270 e. The minimum Gasteiger partial charge on any atom is -0.342 e. The van der Waals surface area contributed by atoms with Gasteiger partial charge in [0, 0.05) is 6.20 Å². The number of aromatic nitrogens is 3. The first-order valence-electron chi connectivity index (χ1n) is 6.99. The van der Waals surface area contributed by atoms with Gasteiger partial charge in [0.25, 0.3) is 5.91 Å². The maximum Gasteiger partial charge on any atom is 0.270 e. The molecule has 0 bridgehead atoms. The van der Waals surface area contributed by atoms with Crippen LogP contribution in [0.25, 0.3) is 0 Å². The van der Waals surface area contributed by atoms with Crippen molar-refractivity contribution in [3.05, 3.63) is 41.8 Å².